The molecule has 1 heterocycles. The molecule has 1 aliphatic carbocycles. The van der Waals surface area contributed by atoms with E-state index in [0.717, 1.165) is 28.9 Å². The van der Waals surface area contributed by atoms with Crippen molar-refractivity contribution < 1.29 is 31.5 Å². The van der Waals surface area contributed by atoms with Crippen LogP contribution in [0, 0.1) is 23.5 Å². The molecular weight excluding hydrogens is 382 g/mol. The number of esters is 1. The molecule has 7 nitrogen and oxygen atoms in total. The van der Waals surface area contributed by atoms with Crippen LogP contribution in [0.1, 0.15) is 13.3 Å². The highest BCUT2D eigenvalue weighted by atomic mass is 32.2. The van der Waals surface area contributed by atoms with E-state index in [1.807, 2.05) is 6.92 Å². The van der Waals surface area contributed by atoms with E-state index in [0.29, 0.717) is 0 Å². The lowest BCUT2D eigenvalue weighted by Gasteiger charge is -2.33. The Morgan fingerprint density at radius 2 is 1.70 bits per heavy atom. The first kappa shape index (κ1) is 19.7. The number of halogens is 2. The van der Waals surface area contributed by atoms with Crippen LogP contribution in [0.3, 0.4) is 0 Å². The minimum Gasteiger partial charge on any atom is -0.455 e. The maximum Gasteiger partial charge on any atom is 0.309 e. The van der Waals surface area contributed by atoms with Gasteiger partial charge in [0.05, 0.1) is 5.92 Å². The van der Waals surface area contributed by atoms with Crippen LogP contribution in [0.25, 0.3) is 0 Å². The Kier molecular flexibility index (Phi) is 5.48. The second-order valence-electron chi connectivity index (χ2n) is 6.76. The number of rotatable bonds is 5. The number of carbonyl (C=O) groups is 2. The van der Waals surface area contributed by atoms with Crippen molar-refractivity contribution in [2.45, 2.75) is 18.2 Å². The van der Waals surface area contributed by atoms with Crippen LogP contribution < -0.4 is 0 Å². The Morgan fingerprint density at radius 3 is 2.22 bits per heavy atom. The summed E-state index contributed by atoms with van der Waals surface area (Å²) in [5, 5.41) is 0. The van der Waals surface area contributed by atoms with Gasteiger partial charge < -0.3 is 9.64 Å². The van der Waals surface area contributed by atoms with E-state index >= 15 is 0 Å². The van der Waals surface area contributed by atoms with Gasteiger partial charge in [0.15, 0.2) is 11.5 Å². The maximum absolute atomic E-state index is 13.8. The van der Waals surface area contributed by atoms with E-state index in [1.54, 1.807) is 0 Å². The van der Waals surface area contributed by atoms with Crippen LogP contribution in [-0.2, 0) is 24.3 Å². The SMILES string of the molecule is C[C@H]1C[C@@H]1C(=O)OCC(=O)N1CCN(S(=O)(=O)c2c(F)cccc2F)CC1. The smallest absolute Gasteiger partial charge is 0.309 e. The molecule has 1 saturated carbocycles. The van der Waals surface area contributed by atoms with Crippen molar-refractivity contribution >= 4 is 21.9 Å². The molecule has 1 saturated heterocycles. The molecule has 1 aromatic rings. The van der Waals surface area contributed by atoms with Gasteiger partial charge in [0.1, 0.15) is 11.6 Å². The number of amides is 1. The van der Waals surface area contributed by atoms with Crippen molar-refractivity contribution in [3.8, 4) is 0 Å². The first-order valence-corrected chi connectivity index (χ1v) is 10.0. The highest BCUT2D eigenvalue weighted by Crippen LogP contribution is 2.38. The van der Waals surface area contributed by atoms with Crippen molar-refractivity contribution in [1.82, 2.24) is 9.21 Å². The predicted molar refractivity (Wildman–Crippen MR) is 89.9 cm³/mol. The summed E-state index contributed by atoms with van der Waals surface area (Å²) in [6.45, 7) is 1.42. The van der Waals surface area contributed by atoms with Crippen LogP contribution in [0.4, 0.5) is 8.78 Å². The average Bonchev–Trinajstić information content (AvgIpc) is 3.36. The highest BCUT2D eigenvalue weighted by molar-refractivity contribution is 7.89. The Balaban J connectivity index is 1.56. The topological polar surface area (TPSA) is 84.0 Å². The number of hydrogen-bond donors (Lipinski definition) is 0. The normalized spacial score (nSPS) is 23.1. The Morgan fingerprint density at radius 1 is 1.15 bits per heavy atom. The van der Waals surface area contributed by atoms with Gasteiger partial charge in [0.2, 0.25) is 10.0 Å². The van der Waals surface area contributed by atoms with E-state index in [2.05, 4.69) is 0 Å². The highest BCUT2D eigenvalue weighted by Gasteiger charge is 2.41. The summed E-state index contributed by atoms with van der Waals surface area (Å²) in [4.78, 5) is 24.2. The lowest BCUT2D eigenvalue weighted by atomic mass is 10.3. The Labute approximate surface area is 155 Å². The summed E-state index contributed by atoms with van der Waals surface area (Å²) in [6, 6.07) is 2.85. The van der Waals surface area contributed by atoms with Gasteiger partial charge in [-0.05, 0) is 24.5 Å². The van der Waals surface area contributed by atoms with Crippen LogP contribution >= 0.6 is 0 Å². The monoisotopic (exact) mass is 402 g/mol. The van der Waals surface area contributed by atoms with Gasteiger partial charge in [-0.25, -0.2) is 17.2 Å². The number of benzene rings is 1. The number of hydrogen-bond acceptors (Lipinski definition) is 5. The van der Waals surface area contributed by atoms with Gasteiger partial charge in [0, 0.05) is 26.2 Å². The van der Waals surface area contributed by atoms with E-state index in [-0.39, 0.29) is 38.0 Å². The molecule has 1 aromatic carbocycles. The van der Waals surface area contributed by atoms with E-state index < -0.39 is 45.0 Å². The summed E-state index contributed by atoms with van der Waals surface area (Å²) in [6.07, 6.45) is 0.760. The second kappa shape index (κ2) is 7.51. The van der Waals surface area contributed by atoms with Crippen LogP contribution in [0.5, 0.6) is 0 Å². The first-order chi connectivity index (χ1) is 12.7. The molecule has 3 rings (SSSR count). The van der Waals surface area contributed by atoms with Crippen LogP contribution in [0.15, 0.2) is 23.1 Å². The van der Waals surface area contributed by atoms with E-state index in [9.17, 15) is 26.8 Å². The van der Waals surface area contributed by atoms with Crippen molar-refractivity contribution in [2.75, 3.05) is 32.8 Å². The summed E-state index contributed by atoms with van der Waals surface area (Å²) < 4.78 is 58.6. The zero-order valence-electron chi connectivity index (χ0n) is 14.7. The largest absolute Gasteiger partial charge is 0.455 e. The number of piperazine rings is 1. The van der Waals surface area contributed by atoms with Crippen molar-refractivity contribution in [3.05, 3.63) is 29.8 Å². The average molecular weight is 402 g/mol. The van der Waals surface area contributed by atoms with Gasteiger partial charge in [-0.1, -0.05) is 13.0 Å². The van der Waals surface area contributed by atoms with Crippen molar-refractivity contribution in [3.63, 3.8) is 0 Å². The van der Waals surface area contributed by atoms with Gasteiger partial charge in [-0.15, -0.1) is 0 Å². The molecule has 0 aromatic heterocycles. The molecule has 27 heavy (non-hydrogen) atoms. The number of ether oxygens (including phenoxy) is 1. The molecule has 1 aliphatic heterocycles. The van der Waals surface area contributed by atoms with Gasteiger partial charge in [-0.3, -0.25) is 9.59 Å². The zero-order chi connectivity index (χ0) is 19.8. The summed E-state index contributed by atoms with van der Waals surface area (Å²) >= 11 is 0. The van der Waals surface area contributed by atoms with E-state index in [4.69, 9.17) is 4.74 Å². The zero-order valence-corrected chi connectivity index (χ0v) is 15.5. The summed E-state index contributed by atoms with van der Waals surface area (Å²) in [5.74, 6) is -3.00. The lowest BCUT2D eigenvalue weighted by molar-refractivity contribution is -0.153. The Bertz CT molecular complexity index is 833. The molecule has 0 bridgehead atoms. The van der Waals surface area contributed by atoms with Crippen molar-refractivity contribution in [1.29, 1.82) is 0 Å². The molecule has 0 unspecified atom stereocenters. The third-order valence-corrected chi connectivity index (χ3v) is 6.81. The fourth-order valence-electron chi connectivity index (χ4n) is 3.02. The minimum absolute atomic E-state index is 0.0471. The minimum atomic E-state index is -4.35. The molecule has 148 valence electrons. The molecule has 2 aliphatic rings. The Hall–Kier alpha value is -2.07. The van der Waals surface area contributed by atoms with Crippen LogP contribution in [-0.4, -0.2) is 62.3 Å². The molecule has 1 amide bonds. The van der Waals surface area contributed by atoms with Crippen LogP contribution in [0.2, 0.25) is 0 Å². The fourth-order valence-corrected chi connectivity index (χ4v) is 4.55. The number of carbonyl (C=O) groups excluding carboxylic acids is 2. The molecule has 0 spiro atoms. The van der Waals surface area contributed by atoms with Crippen molar-refractivity contribution in [2.24, 2.45) is 11.8 Å². The third kappa shape index (κ3) is 4.11. The molecule has 2 atom stereocenters. The van der Waals surface area contributed by atoms with Gasteiger partial charge >= 0.3 is 5.97 Å². The summed E-state index contributed by atoms with van der Waals surface area (Å²) in [7, 11) is -4.35. The second-order valence-corrected chi connectivity index (χ2v) is 8.64. The molecule has 10 heteroatoms. The van der Waals surface area contributed by atoms with Gasteiger partial charge in [0.25, 0.3) is 5.91 Å². The summed E-state index contributed by atoms with van der Waals surface area (Å²) in [5.41, 5.74) is 0. The molecule has 0 radical (unpaired) electrons. The standard InChI is InChI=1S/C17H20F2N2O5S/c1-11-9-12(11)17(23)26-10-15(22)20-5-7-21(8-6-20)27(24,25)16-13(18)3-2-4-14(16)19/h2-4,11-12H,5-10H2,1H3/t11-,12-/m0/s1. The number of nitrogens with zero attached hydrogens (tertiary/aromatic N) is 2. The first-order valence-electron chi connectivity index (χ1n) is 8.60. The third-order valence-electron chi connectivity index (χ3n) is 4.86. The predicted octanol–water partition coefficient (Wildman–Crippen LogP) is 0.997. The quantitative estimate of drug-likeness (QED) is 0.686. The molecular formula is C17H20F2N2O5S. The van der Waals surface area contributed by atoms with Gasteiger partial charge in [-0.2, -0.15) is 4.31 Å². The maximum atomic E-state index is 13.8. The van der Waals surface area contributed by atoms with E-state index in [1.165, 1.54) is 4.90 Å². The molecule has 0 N–H and O–H groups in total. The molecule has 2 fully saturated rings. The lowest BCUT2D eigenvalue weighted by Crippen LogP contribution is -2.51. The fraction of sp³-hybridized carbons (Fsp3) is 0.529. The number of sulfonamides is 1.